The van der Waals surface area contributed by atoms with Gasteiger partial charge in [0.1, 0.15) is 18.3 Å². The second kappa shape index (κ2) is 13.4. The van der Waals surface area contributed by atoms with Crippen LogP contribution in [0.5, 0.6) is 5.75 Å². The first-order valence-electron chi connectivity index (χ1n) is 13.3. The highest BCUT2D eigenvalue weighted by molar-refractivity contribution is 7.92. The van der Waals surface area contributed by atoms with E-state index in [1.54, 1.807) is 60.7 Å². The van der Waals surface area contributed by atoms with Gasteiger partial charge in [0.25, 0.3) is 10.0 Å². The van der Waals surface area contributed by atoms with E-state index in [1.807, 2.05) is 34.6 Å². The molecule has 0 aliphatic rings. The number of ether oxygens (including phenoxy) is 1. The van der Waals surface area contributed by atoms with Gasteiger partial charge in [-0.25, -0.2) is 8.42 Å². The Balaban J connectivity index is 2.09. The number of nitrogens with one attached hydrogen (secondary N) is 1. The lowest BCUT2D eigenvalue weighted by Crippen LogP contribution is -2.55. The van der Waals surface area contributed by atoms with Gasteiger partial charge in [-0.3, -0.25) is 13.9 Å². The lowest BCUT2D eigenvalue weighted by Gasteiger charge is -2.34. The molecule has 3 aromatic carbocycles. The molecule has 41 heavy (non-hydrogen) atoms. The fourth-order valence-corrected chi connectivity index (χ4v) is 5.82. The molecule has 10 heteroatoms. The molecule has 1 atom stereocenters. The number of sulfonamides is 1. The molecule has 3 aromatic rings. The number of carbonyl (C=O) groups is 2. The van der Waals surface area contributed by atoms with Crippen molar-refractivity contribution in [3.05, 3.63) is 88.9 Å². The quantitative estimate of drug-likeness (QED) is 0.311. The summed E-state index contributed by atoms with van der Waals surface area (Å²) >= 11 is 6.07. The standard InChI is InChI=1S/C31H38ClN3O5S/c1-7-28(30(37)33-31(3,4)5)34(20-23-13-15-24(32)16-14-23)29(36)21-35(25-9-8-10-26(19-25)40-6)41(38,39)27-17-11-22(2)12-18-27/h8-19,28H,7,20-21H2,1-6H3,(H,33,37)/t28-/m1/s1. The normalized spacial score (nSPS) is 12.4. The molecule has 2 amide bonds. The first-order chi connectivity index (χ1) is 19.2. The summed E-state index contributed by atoms with van der Waals surface area (Å²) in [4.78, 5) is 29.0. The van der Waals surface area contributed by atoms with Crippen LogP contribution in [0.2, 0.25) is 5.02 Å². The van der Waals surface area contributed by atoms with Crippen molar-refractivity contribution < 1.29 is 22.7 Å². The topological polar surface area (TPSA) is 96.0 Å². The van der Waals surface area contributed by atoms with Crippen LogP contribution in [0.15, 0.2) is 77.7 Å². The predicted octanol–water partition coefficient (Wildman–Crippen LogP) is 5.57. The zero-order chi connectivity index (χ0) is 30.4. The molecule has 0 saturated carbocycles. The molecule has 0 radical (unpaired) electrons. The van der Waals surface area contributed by atoms with Gasteiger partial charge in [0.2, 0.25) is 11.8 Å². The molecular formula is C31H38ClN3O5S. The Morgan fingerprint density at radius 2 is 1.63 bits per heavy atom. The fraction of sp³-hybridized carbons (Fsp3) is 0.355. The highest BCUT2D eigenvalue weighted by atomic mass is 35.5. The van der Waals surface area contributed by atoms with E-state index in [2.05, 4.69) is 5.32 Å². The Kier molecular flexibility index (Phi) is 10.4. The van der Waals surface area contributed by atoms with Gasteiger partial charge >= 0.3 is 0 Å². The Labute approximate surface area is 248 Å². The first kappa shape index (κ1) is 32.0. The highest BCUT2D eigenvalue weighted by Crippen LogP contribution is 2.28. The van der Waals surface area contributed by atoms with E-state index in [0.717, 1.165) is 15.4 Å². The van der Waals surface area contributed by atoms with E-state index in [1.165, 1.54) is 24.1 Å². The van der Waals surface area contributed by atoms with Crippen LogP contribution in [-0.2, 0) is 26.2 Å². The number of hydrogen-bond donors (Lipinski definition) is 1. The minimum Gasteiger partial charge on any atom is -0.497 e. The van der Waals surface area contributed by atoms with Crippen molar-refractivity contribution in [3.63, 3.8) is 0 Å². The number of benzene rings is 3. The monoisotopic (exact) mass is 599 g/mol. The maximum atomic E-state index is 14.1. The molecule has 0 unspecified atom stereocenters. The number of methoxy groups -OCH3 is 1. The lowest BCUT2D eigenvalue weighted by atomic mass is 10.1. The first-order valence-corrected chi connectivity index (χ1v) is 15.2. The van der Waals surface area contributed by atoms with Gasteiger partial charge in [-0.05, 0) is 76.1 Å². The number of rotatable bonds is 11. The average molecular weight is 600 g/mol. The Morgan fingerprint density at radius 3 is 2.20 bits per heavy atom. The molecule has 0 aromatic heterocycles. The van der Waals surface area contributed by atoms with Crippen molar-refractivity contribution >= 4 is 39.1 Å². The van der Waals surface area contributed by atoms with Gasteiger partial charge < -0.3 is 15.0 Å². The number of halogens is 1. The average Bonchev–Trinajstić information content (AvgIpc) is 2.91. The number of amides is 2. The third-order valence-electron chi connectivity index (χ3n) is 6.38. The van der Waals surface area contributed by atoms with Gasteiger partial charge in [0.05, 0.1) is 17.7 Å². The van der Waals surface area contributed by atoms with Crippen LogP contribution in [0.3, 0.4) is 0 Å². The summed E-state index contributed by atoms with van der Waals surface area (Å²) in [5.74, 6) is -0.418. The zero-order valence-corrected chi connectivity index (χ0v) is 25.9. The van der Waals surface area contributed by atoms with Crippen molar-refractivity contribution in [1.29, 1.82) is 0 Å². The van der Waals surface area contributed by atoms with Gasteiger partial charge in [-0.2, -0.15) is 0 Å². The van der Waals surface area contributed by atoms with Crippen molar-refractivity contribution in [2.24, 2.45) is 0 Å². The van der Waals surface area contributed by atoms with Gasteiger partial charge in [-0.15, -0.1) is 0 Å². The fourth-order valence-electron chi connectivity index (χ4n) is 4.29. The van der Waals surface area contributed by atoms with Gasteiger partial charge in [-0.1, -0.05) is 54.4 Å². The van der Waals surface area contributed by atoms with Crippen LogP contribution in [0.4, 0.5) is 5.69 Å². The molecule has 3 rings (SSSR count). The Morgan fingerprint density at radius 1 is 1.00 bits per heavy atom. The molecule has 0 fully saturated rings. The summed E-state index contributed by atoms with van der Waals surface area (Å²) in [6, 6.07) is 19.1. The van der Waals surface area contributed by atoms with Crippen molar-refractivity contribution in [2.75, 3.05) is 18.0 Å². The highest BCUT2D eigenvalue weighted by Gasteiger charge is 2.34. The summed E-state index contributed by atoms with van der Waals surface area (Å²) in [5, 5.41) is 3.50. The lowest BCUT2D eigenvalue weighted by molar-refractivity contribution is -0.141. The van der Waals surface area contributed by atoms with E-state index >= 15 is 0 Å². The van der Waals surface area contributed by atoms with Crippen LogP contribution in [-0.4, -0.2) is 50.4 Å². The molecule has 0 aliphatic heterocycles. The molecule has 8 nitrogen and oxygen atoms in total. The molecule has 0 aliphatic carbocycles. The van der Waals surface area contributed by atoms with Crippen LogP contribution in [0, 0.1) is 6.92 Å². The largest absolute Gasteiger partial charge is 0.497 e. The maximum Gasteiger partial charge on any atom is 0.264 e. The SMILES string of the molecule is CC[C@H](C(=O)NC(C)(C)C)N(Cc1ccc(Cl)cc1)C(=O)CN(c1cccc(OC)c1)S(=O)(=O)c1ccc(C)cc1. The molecule has 1 N–H and O–H groups in total. The number of nitrogens with zero attached hydrogens (tertiary/aromatic N) is 2. The third kappa shape index (κ3) is 8.47. The smallest absolute Gasteiger partial charge is 0.264 e. The summed E-state index contributed by atoms with van der Waals surface area (Å²) in [7, 11) is -2.69. The summed E-state index contributed by atoms with van der Waals surface area (Å²) in [5.41, 5.74) is 1.38. The predicted molar refractivity (Wildman–Crippen MR) is 163 cm³/mol. The Bertz CT molecular complexity index is 1450. The Hall–Kier alpha value is -3.56. The minimum atomic E-state index is -4.17. The van der Waals surface area contributed by atoms with Crippen molar-refractivity contribution in [3.8, 4) is 5.75 Å². The number of anilines is 1. The van der Waals surface area contributed by atoms with E-state index in [4.69, 9.17) is 16.3 Å². The number of carbonyl (C=O) groups excluding carboxylic acids is 2. The molecule has 0 heterocycles. The van der Waals surface area contributed by atoms with Gasteiger partial charge in [0.15, 0.2) is 0 Å². The molecular weight excluding hydrogens is 562 g/mol. The van der Waals surface area contributed by atoms with Crippen molar-refractivity contribution in [2.45, 2.75) is 64.1 Å². The maximum absolute atomic E-state index is 14.1. The van der Waals surface area contributed by atoms with Crippen LogP contribution >= 0.6 is 11.6 Å². The van der Waals surface area contributed by atoms with E-state index in [-0.39, 0.29) is 23.0 Å². The van der Waals surface area contributed by atoms with Gasteiger partial charge in [0, 0.05) is 23.2 Å². The van der Waals surface area contributed by atoms with Crippen LogP contribution < -0.4 is 14.4 Å². The minimum absolute atomic E-state index is 0.0421. The second-order valence-corrected chi connectivity index (χ2v) is 13.1. The van der Waals surface area contributed by atoms with E-state index in [9.17, 15) is 18.0 Å². The van der Waals surface area contributed by atoms with E-state index < -0.39 is 34.1 Å². The summed E-state index contributed by atoms with van der Waals surface area (Å²) < 4.78 is 34.4. The summed E-state index contributed by atoms with van der Waals surface area (Å²) in [6.45, 7) is 8.82. The van der Waals surface area contributed by atoms with Crippen molar-refractivity contribution in [1.82, 2.24) is 10.2 Å². The molecule has 0 saturated heterocycles. The molecule has 220 valence electrons. The number of hydrogen-bond acceptors (Lipinski definition) is 5. The number of aryl methyl sites for hydroxylation is 1. The second-order valence-electron chi connectivity index (χ2n) is 10.8. The molecule has 0 spiro atoms. The van der Waals surface area contributed by atoms with Crippen LogP contribution in [0.1, 0.15) is 45.2 Å². The zero-order valence-electron chi connectivity index (χ0n) is 24.3. The van der Waals surface area contributed by atoms with Crippen LogP contribution in [0.25, 0.3) is 0 Å². The molecule has 0 bridgehead atoms. The third-order valence-corrected chi connectivity index (χ3v) is 8.42. The van der Waals surface area contributed by atoms with E-state index in [0.29, 0.717) is 17.2 Å². The summed E-state index contributed by atoms with van der Waals surface area (Å²) in [6.07, 6.45) is 0.325.